The largest absolute Gasteiger partial charge is 0.480 e. The molecule has 0 aliphatic heterocycles. The Hall–Kier alpha value is -2.23. The Morgan fingerprint density at radius 1 is 1.40 bits per heavy atom. The second-order valence-electron chi connectivity index (χ2n) is 6.69. The van der Waals surface area contributed by atoms with Crippen LogP contribution >= 0.6 is 11.3 Å². The number of carboxylic acid groups (broad SMARTS) is 1. The maximum absolute atomic E-state index is 11.8. The molecular weight excluding hydrogens is 334 g/mol. The van der Waals surface area contributed by atoms with Gasteiger partial charge in [0.1, 0.15) is 6.04 Å². The van der Waals surface area contributed by atoms with Crippen LogP contribution in [0.3, 0.4) is 0 Å². The molecule has 1 atom stereocenters. The van der Waals surface area contributed by atoms with Gasteiger partial charge in [0, 0.05) is 11.4 Å². The first-order chi connectivity index (χ1) is 11.8. The number of carboxylic acids is 1. The van der Waals surface area contributed by atoms with Gasteiger partial charge in [-0.1, -0.05) is 24.3 Å². The van der Waals surface area contributed by atoms with E-state index in [0.717, 1.165) is 17.7 Å². The maximum atomic E-state index is 11.8. The third-order valence-corrected chi connectivity index (χ3v) is 5.43. The summed E-state index contributed by atoms with van der Waals surface area (Å²) in [5, 5.41) is 18.9. The van der Waals surface area contributed by atoms with Crippen LogP contribution in [0.5, 0.6) is 0 Å². The average Bonchev–Trinajstić information content (AvgIpc) is 2.98. The Morgan fingerprint density at radius 2 is 2.04 bits per heavy atom. The highest BCUT2D eigenvalue weighted by atomic mass is 32.1. The molecule has 1 heterocycles. The smallest absolute Gasteiger partial charge is 0.325 e. The molecule has 0 spiro atoms. The van der Waals surface area contributed by atoms with E-state index >= 15 is 0 Å². The number of nitriles is 1. The molecule has 6 heteroatoms. The van der Waals surface area contributed by atoms with E-state index in [2.05, 4.69) is 11.1 Å². The summed E-state index contributed by atoms with van der Waals surface area (Å²) in [6, 6.07) is 8.85. The van der Waals surface area contributed by atoms with Crippen molar-refractivity contribution in [1.82, 2.24) is 9.88 Å². The number of aliphatic carboxylic acids is 1. The fraction of sp³-hybridized carbons (Fsp3) is 0.421. The van der Waals surface area contributed by atoms with E-state index in [1.54, 1.807) is 11.3 Å². The predicted octanol–water partition coefficient (Wildman–Crippen LogP) is 3.55. The molecule has 0 saturated carbocycles. The normalized spacial score (nSPS) is 12.8. The number of likely N-dealkylation sites (N-methyl/N-ethyl adjacent to an activating group) is 1. The van der Waals surface area contributed by atoms with Crippen molar-refractivity contribution in [2.75, 3.05) is 13.6 Å². The Kier molecular flexibility index (Phi) is 5.93. The van der Waals surface area contributed by atoms with E-state index in [1.807, 2.05) is 62.5 Å². The van der Waals surface area contributed by atoms with Crippen LogP contribution in [0, 0.1) is 18.3 Å². The van der Waals surface area contributed by atoms with Crippen molar-refractivity contribution < 1.29 is 9.90 Å². The molecule has 25 heavy (non-hydrogen) atoms. The number of nitrogens with zero attached hydrogens (tertiary/aromatic N) is 3. The van der Waals surface area contributed by atoms with E-state index in [1.165, 1.54) is 4.88 Å². The van der Waals surface area contributed by atoms with Crippen LogP contribution < -0.4 is 0 Å². The Bertz CT molecular complexity index is 775. The molecule has 1 aromatic carbocycles. The lowest BCUT2D eigenvalue weighted by atomic mass is 9.85. The van der Waals surface area contributed by atoms with Crippen LogP contribution in [-0.4, -0.2) is 34.6 Å². The molecule has 0 amide bonds. The molecule has 0 aliphatic carbocycles. The molecular formula is C19H23N3O2S. The zero-order valence-electron chi connectivity index (χ0n) is 15.0. The Morgan fingerprint density at radius 3 is 2.52 bits per heavy atom. The van der Waals surface area contributed by atoms with Gasteiger partial charge < -0.3 is 5.11 Å². The summed E-state index contributed by atoms with van der Waals surface area (Å²) in [4.78, 5) is 19.1. The minimum absolute atomic E-state index is 0.590. The number of aryl methyl sites for hydroxylation is 1. The summed E-state index contributed by atoms with van der Waals surface area (Å²) in [6.45, 7) is 6.29. The van der Waals surface area contributed by atoms with Gasteiger partial charge in [0.15, 0.2) is 0 Å². The first-order valence-electron chi connectivity index (χ1n) is 8.10. The van der Waals surface area contributed by atoms with Crippen molar-refractivity contribution in [3.63, 3.8) is 0 Å². The molecule has 0 aliphatic rings. The topological polar surface area (TPSA) is 77.2 Å². The van der Waals surface area contributed by atoms with Crippen LogP contribution in [0.1, 0.15) is 41.6 Å². The zero-order valence-corrected chi connectivity index (χ0v) is 15.8. The number of hydrogen-bond acceptors (Lipinski definition) is 5. The minimum atomic E-state index is -0.879. The van der Waals surface area contributed by atoms with Crippen molar-refractivity contribution in [1.29, 1.82) is 5.26 Å². The van der Waals surface area contributed by atoms with Crippen molar-refractivity contribution in [3.8, 4) is 6.07 Å². The Labute approximate surface area is 152 Å². The number of hydrogen-bond donors (Lipinski definition) is 1. The number of aromatic nitrogens is 1. The summed E-state index contributed by atoms with van der Waals surface area (Å²) < 4.78 is 0. The fourth-order valence-electron chi connectivity index (χ4n) is 2.71. The van der Waals surface area contributed by atoms with E-state index in [0.29, 0.717) is 12.1 Å². The lowest BCUT2D eigenvalue weighted by Crippen LogP contribution is -2.32. The monoisotopic (exact) mass is 357 g/mol. The third-order valence-electron chi connectivity index (χ3n) is 4.44. The van der Waals surface area contributed by atoms with E-state index < -0.39 is 17.4 Å². The molecule has 0 fully saturated rings. The highest BCUT2D eigenvalue weighted by Gasteiger charge is 2.26. The molecule has 1 N–H and O–H groups in total. The Balaban J connectivity index is 2.16. The van der Waals surface area contributed by atoms with Gasteiger partial charge in [0.25, 0.3) is 0 Å². The number of benzene rings is 1. The second kappa shape index (κ2) is 7.77. The zero-order chi connectivity index (χ0) is 18.6. The molecule has 132 valence electrons. The van der Waals surface area contributed by atoms with Gasteiger partial charge in [-0.15, -0.1) is 11.3 Å². The van der Waals surface area contributed by atoms with Gasteiger partial charge in [-0.05, 0) is 45.4 Å². The van der Waals surface area contributed by atoms with Gasteiger partial charge in [0.05, 0.1) is 22.7 Å². The van der Waals surface area contributed by atoms with E-state index in [4.69, 9.17) is 0 Å². The van der Waals surface area contributed by atoms with Crippen LogP contribution in [0.2, 0.25) is 0 Å². The summed E-state index contributed by atoms with van der Waals surface area (Å²) in [7, 11) is 1.82. The van der Waals surface area contributed by atoms with Gasteiger partial charge in [-0.3, -0.25) is 9.69 Å². The molecule has 1 unspecified atom stereocenters. The molecule has 1 aromatic heterocycles. The third kappa shape index (κ3) is 4.44. The van der Waals surface area contributed by atoms with Crippen LogP contribution in [0.25, 0.3) is 0 Å². The van der Waals surface area contributed by atoms with Crippen LogP contribution in [0.4, 0.5) is 0 Å². The quantitative estimate of drug-likeness (QED) is 0.820. The second-order valence-corrected chi connectivity index (χ2v) is 7.63. The highest BCUT2D eigenvalue weighted by molar-refractivity contribution is 7.09. The SMILES string of the molecule is Cc1ncsc1CCN(C)C(C(=O)O)c1ccc(C(C)(C)C#N)cc1. The lowest BCUT2D eigenvalue weighted by molar-refractivity contribution is -0.143. The summed E-state index contributed by atoms with van der Waals surface area (Å²) in [6.07, 6.45) is 0.774. The minimum Gasteiger partial charge on any atom is -0.480 e. The molecule has 0 radical (unpaired) electrons. The first kappa shape index (κ1) is 19.1. The average molecular weight is 357 g/mol. The molecule has 2 aromatic rings. The summed E-state index contributed by atoms with van der Waals surface area (Å²) in [5.41, 5.74) is 3.83. The summed E-state index contributed by atoms with van der Waals surface area (Å²) >= 11 is 1.60. The molecule has 0 saturated heterocycles. The number of carbonyl (C=O) groups is 1. The summed E-state index contributed by atoms with van der Waals surface area (Å²) in [5.74, 6) is -0.879. The first-order valence-corrected chi connectivity index (χ1v) is 8.98. The van der Waals surface area contributed by atoms with Crippen LogP contribution in [-0.2, 0) is 16.6 Å². The number of rotatable bonds is 7. The maximum Gasteiger partial charge on any atom is 0.325 e. The van der Waals surface area contributed by atoms with E-state index in [-0.39, 0.29) is 0 Å². The molecule has 0 bridgehead atoms. The molecule has 5 nitrogen and oxygen atoms in total. The van der Waals surface area contributed by atoms with Crippen molar-refractivity contribution >= 4 is 17.3 Å². The van der Waals surface area contributed by atoms with Gasteiger partial charge in [-0.2, -0.15) is 5.26 Å². The van der Waals surface area contributed by atoms with Crippen LogP contribution in [0.15, 0.2) is 29.8 Å². The van der Waals surface area contributed by atoms with E-state index in [9.17, 15) is 15.2 Å². The number of thiazole rings is 1. The van der Waals surface area contributed by atoms with Gasteiger partial charge in [0.2, 0.25) is 0 Å². The lowest BCUT2D eigenvalue weighted by Gasteiger charge is -2.25. The van der Waals surface area contributed by atoms with Crippen molar-refractivity contribution in [2.24, 2.45) is 0 Å². The van der Waals surface area contributed by atoms with Gasteiger partial charge in [-0.25, -0.2) is 4.98 Å². The fourth-order valence-corrected chi connectivity index (χ4v) is 3.48. The highest BCUT2D eigenvalue weighted by Crippen LogP contribution is 2.26. The molecule has 2 rings (SSSR count). The standard InChI is InChI=1S/C19H23N3O2S/c1-13-16(25-12-21-13)9-10-22(4)17(18(23)24)14-5-7-15(8-6-14)19(2,3)11-20/h5-8,12,17H,9-10H2,1-4H3,(H,23,24). The van der Waals surface area contributed by atoms with Gasteiger partial charge >= 0.3 is 5.97 Å². The van der Waals surface area contributed by atoms with Crippen molar-refractivity contribution in [3.05, 3.63) is 51.5 Å². The predicted molar refractivity (Wildman–Crippen MR) is 98.6 cm³/mol. The van der Waals surface area contributed by atoms with Crippen molar-refractivity contribution in [2.45, 2.75) is 38.6 Å².